The van der Waals surface area contributed by atoms with Gasteiger partial charge in [-0.2, -0.15) is 0 Å². The van der Waals surface area contributed by atoms with E-state index in [-0.39, 0.29) is 24.2 Å². The second kappa shape index (κ2) is 6.93. The van der Waals surface area contributed by atoms with Crippen LogP contribution in [0.2, 0.25) is 0 Å². The Morgan fingerprint density at radius 2 is 2.24 bits per heavy atom. The van der Waals surface area contributed by atoms with E-state index in [1.165, 1.54) is 6.07 Å². The van der Waals surface area contributed by atoms with Crippen LogP contribution in [0.25, 0.3) is 0 Å². The zero-order chi connectivity index (χ0) is 12.7. The molecule has 0 aliphatic rings. The Morgan fingerprint density at radius 3 is 2.82 bits per heavy atom. The predicted molar refractivity (Wildman–Crippen MR) is 67.3 cm³/mol. The Kier molecular flexibility index (Phi) is 5.51. The Hall–Kier alpha value is -1.53. The van der Waals surface area contributed by atoms with Crippen LogP contribution in [0.5, 0.6) is 5.75 Å². The van der Waals surface area contributed by atoms with Gasteiger partial charge in [0.25, 0.3) is 0 Å². The van der Waals surface area contributed by atoms with Crippen molar-refractivity contribution in [1.29, 1.82) is 0 Å². The topological polar surface area (TPSA) is 35.2 Å². The molecule has 2 nitrogen and oxygen atoms in total. The summed E-state index contributed by atoms with van der Waals surface area (Å²) in [5, 5.41) is 0. The van der Waals surface area contributed by atoms with Gasteiger partial charge in [0, 0.05) is 6.04 Å². The summed E-state index contributed by atoms with van der Waals surface area (Å²) in [6.07, 6.45) is 1.56. The molecule has 0 aliphatic heterocycles. The first kappa shape index (κ1) is 13.5. The summed E-state index contributed by atoms with van der Waals surface area (Å²) in [6.45, 7) is 3.94. The lowest BCUT2D eigenvalue weighted by atomic mass is 10.0. The molecule has 0 fully saturated rings. The molecule has 0 bridgehead atoms. The largest absolute Gasteiger partial charge is 0.478 e. The molecule has 17 heavy (non-hydrogen) atoms. The van der Waals surface area contributed by atoms with E-state index in [1.807, 2.05) is 13.0 Å². The first-order chi connectivity index (χ1) is 8.17. The van der Waals surface area contributed by atoms with Gasteiger partial charge in [-0.05, 0) is 37.5 Å². The lowest BCUT2D eigenvalue weighted by Gasteiger charge is -2.10. The van der Waals surface area contributed by atoms with Gasteiger partial charge in [-0.1, -0.05) is 18.9 Å². The van der Waals surface area contributed by atoms with E-state index < -0.39 is 0 Å². The molecule has 2 N–H and O–H groups in total. The Labute approximate surface area is 102 Å². The van der Waals surface area contributed by atoms with Crippen LogP contribution in [0, 0.1) is 17.7 Å². The molecule has 0 spiro atoms. The van der Waals surface area contributed by atoms with Crippen molar-refractivity contribution in [3.05, 3.63) is 29.6 Å². The normalized spacial score (nSPS) is 11.5. The van der Waals surface area contributed by atoms with Gasteiger partial charge in [-0.15, -0.1) is 5.92 Å². The molecule has 1 aromatic rings. The highest BCUT2D eigenvalue weighted by molar-refractivity contribution is 5.30. The van der Waals surface area contributed by atoms with Crippen LogP contribution < -0.4 is 10.5 Å². The second-order valence-electron chi connectivity index (χ2n) is 3.85. The number of rotatable bonds is 5. The third kappa shape index (κ3) is 4.46. The average Bonchev–Trinajstić information content (AvgIpc) is 2.32. The van der Waals surface area contributed by atoms with Crippen molar-refractivity contribution in [3.63, 3.8) is 0 Å². The fourth-order valence-electron chi connectivity index (χ4n) is 1.42. The molecule has 0 aliphatic carbocycles. The molecule has 92 valence electrons. The average molecular weight is 235 g/mol. The molecule has 1 aromatic carbocycles. The van der Waals surface area contributed by atoms with Crippen molar-refractivity contribution >= 4 is 0 Å². The molecular formula is C14H18FNO. The van der Waals surface area contributed by atoms with Gasteiger partial charge in [0.1, 0.15) is 6.61 Å². The van der Waals surface area contributed by atoms with Gasteiger partial charge in [0.05, 0.1) is 0 Å². The Bertz CT molecular complexity index is 420. The van der Waals surface area contributed by atoms with Crippen molar-refractivity contribution in [2.75, 3.05) is 6.61 Å². The zero-order valence-corrected chi connectivity index (χ0v) is 10.3. The lowest BCUT2D eigenvalue weighted by molar-refractivity contribution is 0.347. The summed E-state index contributed by atoms with van der Waals surface area (Å²) >= 11 is 0. The molecule has 0 amide bonds. The third-order valence-electron chi connectivity index (χ3n) is 2.50. The molecular weight excluding hydrogens is 217 g/mol. The summed E-state index contributed by atoms with van der Waals surface area (Å²) in [5.74, 6) is 5.29. The Morgan fingerprint density at radius 1 is 1.47 bits per heavy atom. The van der Waals surface area contributed by atoms with E-state index in [1.54, 1.807) is 13.0 Å². The highest BCUT2D eigenvalue weighted by Crippen LogP contribution is 2.19. The van der Waals surface area contributed by atoms with Gasteiger partial charge in [0.15, 0.2) is 11.6 Å². The van der Waals surface area contributed by atoms with Gasteiger partial charge < -0.3 is 10.5 Å². The van der Waals surface area contributed by atoms with Crippen molar-refractivity contribution in [2.45, 2.75) is 32.7 Å². The quantitative estimate of drug-likeness (QED) is 0.796. The van der Waals surface area contributed by atoms with Crippen molar-refractivity contribution in [1.82, 2.24) is 0 Å². The van der Waals surface area contributed by atoms with Crippen molar-refractivity contribution in [3.8, 4) is 17.6 Å². The van der Waals surface area contributed by atoms with Crippen LogP contribution in [0.4, 0.5) is 4.39 Å². The highest BCUT2D eigenvalue weighted by Gasteiger charge is 2.06. The first-order valence-corrected chi connectivity index (χ1v) is 5.73. The standard InChI is InChI=1S/C14H18FNO/c1-3-5-8-17-14-7-6-11(10-13(14)15)9-12(16)4-2/h6-7,10,12H,4,8-9,16H2,1-2H3. The van der Waals surface area contributed by atoms with Crippen LogP contribution >= 0.6 is 0 Å². The van der Waals surface area contributed by atoms with E-state index in [0.29, 0.717) is 6.42 Å². The van der Waals surface area contributed by atoms with E-state index in [2.05, 4.69) is 11.8 Å². The third-order valence-corrected chi connectivity index (χ3v) is 2.50. The molecule has 0 heterocycles. The van der Waals surface area contributed by atoms with E-state index in [9.17, 15) is 4.39 Å². The van der Waals surface area contributed by atoms with Gasteiger partial charge in [-0.3, -0.25) is 0 Å². The number of hydrogen-bond acceptors (Lipinski definition) is 2. The van der Waals surface area contributed by atoms with Crippen LogP contribution in [-0.2, 0) is 6.42 Å². The van der Waals surface area contributed by atoms with E-state index in [0.717, 1.165) is 12.0 Å². The molecule has 0 aromatic heterocycles. The molecule has 3 heteroatoms. The van der Waals surface area contributed by atoms with Crippen LogP contribution in [0.15, 0.2) is 18.2 Å². The highest BCUT2D eigenvalue weighted by atomic mass is 19.1. The zero-order valence-electron chi connectivity index (χ0n) is 10.3. The maximum Gasteiger partial charge on any atom is 0.165 e. The van der Waals surface area contributed by atoms with Gasteiger partial charge in [-0.25, -0.2) is 4.39 Å². The molecule has 0 saturated heterocycles. The van der Waals surface area contributed by atoms with E-state index >= 15 is 0 Å². The lowest BCUT2D eigenvalue weighted by Crippen LogP contribution is -2.21. The van der Waals surface area contributed by atoms with Crippen LogP contribution in [0.1, 0.15) is 25.8 Å². The summed E-state index contributed by atoms with van der Waals surface area (Å²) in [7, 11) is 0. The Balaban J connectivity index is 2.67. The molecule has 1 rings (SSSR count). The van der Waals surface area contributed by atoms with Crippen molar-refractivity contribution < 1.29 is 9.13 Å². The first-order valence-electron chi connectivity index (χ1n) is 5.73. The summed E-state index contributed by atoms with van der Waals surface area (Å²) in [4.78, 5) is 0. The molecule has 1 unspecified atom stereocenters. The fourth-order valence-corrected chi connectivity index (χ4v) is 1.42. The van der Waals surface area contributed by atoms with Gasteiger partial charge in [0.2, 0.25) is 0 Å². The number of halogens is 1. The van der Waals surface area contributed by atoms with Crippen molar-refractivity contribution in [2.24, 2.45) is 5.73 Å². The number of nitrogens with two attached hydrogens (primary N) is 1. The van der Waals surface area contributed by atoms with E-state index in [4.69, 9.17) is 10.5 Å². The summed E-state index contributed by atoms with van der Waals surface area (Å²) < 4.78 is 18.8. The fraction of sp³-hybridized carbons (Fsp3) is 0.429. The SMILES string of the molecule is CC#CCOc1ccc(CC(N)CC)cc1F. The minimum absolute atomic E-state index is 0.0760. The molecule has 1 atom stereocenters. The minimum atomic E-state index is -0.358. The monoisotopic (exact) mass is 235 g/mol. The smallest absolute Gasteiger partial charge is 0.165 e. The summed E-state index contributed by atoms with van der Waals surface area (Å²) in [6, 6.07) is 5.02. The number of ether oxygens (including phenoxy) is 1. The maximum atomic E-state index is 13.6. The van der Waals surface area contributed by atoms with Crippen LogP contribution in [0.3, 0.4) is 0 Å². The number of hydrogen-bond donors (Lipinski definition) is 1. The maximum absolute atomic E-state index is 13.6. The van der Waals surface area contributed by atoms with Gasteiger partial charge >= 0.3 is 0 Å². The predicted octanol–water partition coefficient (Wildman–Crippen LogP) is 2.51. The number of benzene rings is 1. The summed E-state index contributed by atoms with van der Waals surface area (Å²) in [5.41, 5.74) is 6.71. The second-order valence-corrected chi connectivity index (χ2v) is 3.85. The minimum Gasteiger partial charge on any atom is -0.478 e. The molecule has 0 radical (unpaired) electrons. The molecule has 0 saturated carbocycles. The van der Waals surface area contributed by atoms with Crippen LogP contribution in [-0.4, -0.2) is 12.6 Å².